The Morgan fingerprint density at radius 1 is 0.947 bits per heavy atom. The van der Waals surface area contributed by atoms with Crippen molar-refractivity contribution in [3.05, 3.63) is 42.5 Å². The van der Waals surface area contributed by atoms with Gasteiger partial charge in [0, 0.05) is 10.8 Å². The van der Waals surface area contributed by atoms with Crippen LogP contribution in [0.2, 0.25) is 0 Å². The second kappa shape index (κ2) is 5.62. The number of hydrogen-bond donors (Lipinski definition) is 0. The second-order valence-corrected chi connectivity index (χ2v) is 5.09. The zero-order chi connectivity index (χ0) is 12.0. The summed E-state index contributed by atoms with van der Waals surface area (Å²) in [5.74, 6) is 0. The van der Waals surface area contributed by atoms with Crippen LogP contribution in [0, 0.1) is 0 Å². The number of fused-ring (bicyclic) bond motifs is 3. The Kier molecular flexibility index (Phi) is 4.78. The summed E-state index contributed by atoms with van der Waals surface area (Å²) in [6.07, 6.45) is 0. The first kappa shape index (κ1) is 16.2. The van der Waals surface area contributed by atoms with E-state index in [1.807, 2.05) is 18.2 Å². The molecular formula is C12H9NaO5S. The molecule has 0 radical (unpaired) electrons. The third-order valence-electron chi connectivity index (χ3n) is 2.64. The van der Waals surface area contributed by atoms with Gasteiger partial charge < -0.3 is 14.4 Å². The molecule has 19 heavy (non-hydrogen) atoms. The van der Waals surface area contributed by atoms with Crippen molar-refractivity contribution >= 4 is 32.1 Å². The predicted molar refractivity (Wildman–Crippen MR) is 65.3 cm³/mol. The Balaban J connectivity index is 0.000000902. The van der Waals surface area contributed by atoms with Crippen LogP contribution in [0.1, 0.15) is 0 Å². The van der Waals surface area contributed by atoms with E-state index in [-0.39, 0.29) is 39.9 Å². The van der Waals surface area contributed by atoms with E-state index in [9.17, 15) is 13.0 Å². The summed E-state index contributed by atoms with van der Waals surface area (Å²) in [6, 6.07) is 11.4. The van der Waals surface area contributed by atoms with Gasteiger partial charge in [0.15, 0.2) is 0 Å². The van der Waals surface area contributed by atoms with E-state index in [1.54, 1.807) is 6.07 Å². The van der Waals surface area contributed by atoms with Crippen molar-refractivity contribution in [2.24, 2.45) is 0 Å². The number of rotatable bonds is 1. The summed E-state index contributed by atoms with van der Waals surface area (Å²) in [7, 11) is -4.43. The molecule has 0 atom stereocenters. The molecule has 0 bridgehead atoms. The summed E-state index contributed by atoms with van der Waals surface area (Å²) in [5, 5.41) is 1.44. The molecular weight excluding hydrogens is 279 g/mol. The van der Waals surface area contributed by atoms with Gasteiger partial charge in [0.25, 0.3) is 0 Å². The van der Waals surface area contributed by atoms with E-state index < -0.39 is 10.1 Å². The molecule has 3 aromatic rings. The van der Waals surface area contributed by atoms with E-state index in [1.165, 1.54) is 18.2 Å². The largest absolute Gasteiger partial charge is 1.00 e. The van der Waals surface area contributed by atoms with E-state index in [0.717, 1.165) is 5.39 Å². The molecule has 1 aromatic heterocycles. The molecule has 2 N–H and O–H groups in total. The van der Waals surface area contributed by atoms with Crippen molar-refractivity contribution in [1.29, 1.82) is 0 Å². The van der Waals surface area contributed by atoms with E-state index in [0.29, 0.717) is 16.6 Å². The molecule has 0 saturated heterocycles. The van der Waals surface area contributed by atoms with Crippen LogP contribution in [0.5, 0.6) is 0 Å². The minimum Gasteiger partial charge on any atom is -0.744 e. The number of hydrogen-bond acceptors (Lipinski definition) is 4. The Morgan fingerprint density at radius 2 is 1.58 bits per heavy atom. The zero-order valence-corrected chi connectivity index (χ0v) is 12.9. The number of furan rings is 1. The fourth-order valence-corrected chi connectivity index (χ4v) is 2.36. The van der Waals surface area contributed by atoms with Gasteiger partial charge in [-0.15, -0.1) is 0 Å². The molecule has 7 heteroatoms. The normalized spacial score (nSPS) is 11.0. The molecule has 94 valence electrons. The van der Waals surface area contributed by atoms with Gasteiger partial charge in [-0.05, 0) is 24.3 Å². The quantitative estimate of drug-likeness (QED) is 0.409. The van der Waals surface area contributed by atoms with Crippen molar-refractivity contribution < 1.29 is 52.4 Å². The van der Waals surface area contributed by atoms with Crippen molar-refractivity contribution in [2.45, 2.75) is 4.90 Å². The van der Waals surface area contributed by atoms with Crippen LogP contribution >= 0.6 is 0 Å². The smallest absolute Gasteiger partial charge is 0.744 e. The number of benzene rings is 2. The maximum Gasteiger partial charge on any atom is 1.00 e. The Bertz CT molecular complexity index is 822. The monoisotopic (exact) mass is 288 g/mol. The minimum atomic E-state index is -4.43. The van der Waals surface area contributed by atoms with Crippen LogP contribution < -0.4 is 29.6 Å². The summed E-state index contributed by atoms with van der Waals surface area (Å²) in [4.78, 5) is -0.239. The molecule has 2 aromatic carbocycles. The van der Waals surface area contributed by atoms with Crippen molar-refractivity contribution in [1.82, 2.24) is 0 Å². The van der Waals surface area contributed by atoms with Crippen molar-refractivity contribution in [3.8, 4) is 0 Å². The predicted octanol–water partition coefficient (Wildman–Crippen LogP) is -1.33. The fraction of sp³-hybridized carbons (Fsp3) is 0. The molecule has 0 fully saturated rings. The average molecular weight is 288 g/mol. The van der Waals surface area contributed by atoms with Gasteiger partial charge in [0.1, 0.15) is 21.3 Å². The Hall–Kier alpha value is -0.890. The third kappa shape index (κ3) is 2.84. The third-order valence-corrected chi connectivity index (χ3v) is 3.47. The van der Waals surface area contributed by atoms with E-state index in [2.05, 4.69) is 0 Å². The Labute approximate surface area is 131 Å². The van der Waals surface area contributed by atoms with Gasteiger partial charge in [-0.1, -0.05) is 18.2 Å². The first-order chi connectivity index (χ1) is 8.05. The fourth-order valence-electron chi connectivity index (χ4n) is 1.86. The van der Waals surface area contributed by atoms with Crippen LogP contribution in [0.25, 0.3) is 21.9 Å². The van der Waals surface area contributed by atoms with E-state index in [4.69, 9.17) is 4.42 Å². The molecule has 1 heterocycles. The average Bonchev–Trinajstić information content (AvgIpc) is 2.65. The molecule has 5 nitrogen and oxygen atoms in total. The maximum absolute atomic E-state index is 10.9. The molecule has 0 saturated carbocycles. The zero-order valence-electron chi connectivity index (χ0n) is 10.1. The molecule has 0 aliphatic rings. The standard InChI is InChI=1S/C12H8O4S.Na.H2O/c13-17(14,15)8-5-6-12-10(7-8)9-3-1-2-4-11(9)16-12;;/h1-7H,(H,13,14,15);;1H2/q;+1;/p-1. The first-order valence-electron chi connectivity index (χ1n) is 4.93. The van der Waals surface area contributed by atoms with Crippen LogP contribution in [0.4, 0.5) is 0 Å². The molecule has 0 unspecified atom stereocenters. The van der Waals surface area contributed by atoms with Gasteiger partial charge in [0.2, 0.25) is 0 Å². The van der Waals surface area contributed by atoms with Gasteiger partial charge in [-0.2, -0.15) is 0 Å². The van der Waals surface area contributed by atoms with E-state index >= 15 is 0 Å². The second-order valence-electron chi connectivity index (χ2n) is 3.71. The van der Waals surface area contributed by atoms with Crippen LogP contribution in [-0.2, 0) is 10.1 Å². The summed E-state index contributed by atoms with van der Waals surface area (Å²) < 4.78 is 38.4. The molecule has 0 aliphatic carbocycles. The topological polar surface area (TPSA) is 102 Å². The van der Waals surface area contributed by atoms with Crippen LogP contribution in [-0.4, -0.2) is 18.4 Å². The van der Waals surface area contributed by atoms with Crippen LogP contribution in [0.3, 0.4) is 0 Å². The van der Waals surface area contributed by atoms with Crippen molar-refractivity contribution in [3.63, 3.8) is 0 Å². The summed E-state index contributed by atoms with van der Waals surface area (Å²) in [6.45, 7) is 0. The van der Waals surface area contributed by atoms with Gasteiger partial charge in [0.05, 0.1) is 4.90 Å². The molecule has 0 amide bonds. The molecule has 0 aliphatic heterocycles. The van der Waals surface area contributed by atoms with Gasteiger partial charge in [-0.3, -0.25) is 0 Å². The van der Waals surface area contributed by atoms with Crippen molar-refractivity contribution in [2.75, 3.05) is 0 Å². The molecule has 0 spiro atoms. The SMILES string of the molecule is O.O=S(=O)([O-])c1ccc2oc3ccccc3c2c1.[Na+]. The first-order valence-corrected chi connectivity index (χ1v) is 6.34. The Morgan fingerprint density at radius 3 is 2.26 bits per heavy atom. The molecule has 3 rings (SSSR count). The summed E-state index contributed by atoms with van der Waals surface area (Å²) >= 11 is 0. The minimum absolute atomic E-state index is 0. The number of para-hydroxylation sites is 1. The van der Waals surface area contributed by atoms with Gasteiger partial charge in [-0.25, -0.2) is 8.42 Å². The maximum atomic E-state index is 10.9. The van der Waals surface area contributed by atoms with Gasteiger partial charge >= 0.3 is 29.6 Å². The van der Waals surface area contributed by atoms with Crippen LogP contribution in [0.15, 0.2) is 51.8 Å². The summed E-state index contributed by atoms with van der Waals surface area (Å²) in [5.41, 5.74) is 1.24.